The Bertz CT molecular complexity index is 1250. The smallest absolute Gasteiger partial charge is 0.310 e. The first kappa shape index (κ1) is 22.1. The Morgan fingerprint density at radius 1 is 1.03 bits per heavy atom. The van der Waals surface area contributed by atoms with Gasteiger partial charge < -0.3 is 19.6 Å². The number of nitrogens with two attached hydrogens (primary N) is 1. The van der Waals surface area contributed by atoms with Crippen LogP contribution in [0.4, 0.5) is 0 Å². The van der Waals surface area contributed by atoms with E-state index in [0.29, 0.717) is 25.5 Å². The van der Waals surface area contributed by atoms with Crippen LogP contribution in [0.15, 0.2) is 75.8 Å². The maximum atomic E-state index is 12.0. The maximum Gasteiger partial charge on any atom is 0.310 e. The molecule has 0 spiro atoms. The second-order valence-corrected chi connectivity index (χ2v) is 8.31. The summed E-state index contributed by atoms with van der Waals surface area (Å²) in [5.41, 5.74) is 11.6. The summed E-state index contributed by atoms with van der Waals surface area (Å²) in [6, 6.07) is 19.9. The lowest BCUT2D eigenvalue weighted by molar-refractivity contribution is -0.142. The van der Waals surface area contributed by atoms with Crippen LogP contribution in [0, 0.1) is 0 Å². The maximum absolute atomic E-state index is 12.0. The van der Waals surface area contributed by atoms with Gasteiger partial charge >= 0.3 is 5.97 Å². The molecular formula is C26H24BrNO4. The van der Waals surface area contributed by atoms with E-state index in [1.807, 2.05) is 42.5 Å². The molecule has 3 aromatic carbocycles. The topological polar surface area (TPSA) is 74.7 Å². The van der Waals surface area contributed by atoms with E-state index in [9.17, 15) is 4.79 Å². The first-order valence-corrected chi connectivity index (χ1v) is 11.2. The van der Waals surface area contributed by atoms with Crippen LogP contribution in [0.5, 0.6) is 5.75 Å². The average Bonchev–Trinajstić information content (AvgIpc) is 3.21. The lowest BCUT2D eigenvalue weighted by atomic mass is 10.0. The van der Waals surface area contributed by atoms with Crippen LogP contribution in [0.1, 0.15) is 23.6 Å². The van der Waals surface area contributed by atoms with Crippen molar-refractivity contribution in [2.24, 2.45) is 5.73 Å². The summed E-state index contributed by atoms with van der Waals surface area (Å²) in [6.45, 7) is 2.96. The first-order chi connectivity index (χ1) is 15.6. The Hall–Kier alpha value is -3.09. The van der Waals surface area contributed by atoms with Crippen molar-refractivity contribution >= 4 is 32.9 Å². The second-order valence-electron chi connectivity index (χ2n) is 7.40. The van der Waals surface area contributed by atoms with Gasteiger partial charge in [0.25, 0.3) is 0 Å². The monoisotopic (exact) mass is 493 g/mol. The molecule has 6 heteroatoms. The summed E-state index contributed by atoms with van der Waals surface area (Å²) in [4.78, 5) is 12.0. The fourth-order valence-electron chi connectivity index (χ4n) is 3.58. The second kappa shape index (κ2) is 10.0. The minimum absolute atomic E-state index is 0.157. The number of ether oxygens (including phenoxy) is 2. The molecule has 5 nitrogen and oxygen atoms in total. The molecule has 0 bridgehead atoms. The zero-order valence-corrected chi connectivity index (χ0v) is 19.4. The Morgan fingerprint density at radius 3 is 2.69 bits per heavy atom. The number of fused-ring (bicyclic) bond motifs is 1. The molecule has 0 radical (unpaired) electrons. The van der Waals surface area contributed by atoms with Gasteiger partial charge in [0.15, 0.2) is 0 Å². The number of hydrogen-bond acceptors (Lipinski definition) is 5. The quantitative estimate of drug-likeness (QED) is 0.304. The minimum atomic E-state index is -0.280. The van der Waals surface area contributed by atoms with E-state index in [4.69, 9.17) is 19.6 Å². The van der Waals surface area contributed by atoms with Gasteiger partial charge in [-0.2, -0.15) is 0 Å². The first-order valence-electron chi connectivity index (χ1n) is 10.4. The van der Waals surface area contributed by atoms with Crippen LogP contribution in [0.3, 0.4) is 0 Å². The van der Waals surface area contributed by atoms with Gasteiger partial charge in [-0.3, -0.25) is 4.79 Å². The highest BCUT2D eigenvalue weighted by atomic mass is 79.9. The Balaban J connectivity index is 1.59. The Morgan fingerprint density at radius 2 is 1.88 bits per heavy atom. The molecule has 0 atom stereocenters. The van der Waals surface area contributed by atoms with Crippen molar-refractivity contribution < 1.29 is 18.7 Å². The van der Waals surface area contributed by atoms with Crippen molar-refractivity contribution in [3.63, 3.8) is 0 Å². The molecule has 4 aromatic rings. The molecule has 0 unspecified atom stereocenters. The summed E-state index contributed by atoms with van der Waals surface area (Å²) in [5, 5.41) is 0.989. The van der Waals surface area contributed by atoms with Crippen LogP contribution in [-0.4, -0.2) is 12.6 Å². The number of furan rings is 1. The normalized spacial score (nSPS) is 11.0. The van der Waals surface area contributed by atoms with Crippen molar-refractivity contribution in [1.29, 1.82) is 0 Å². The van der Waals surface area contributed by atoms with E-state index >= 15 is 0 Å². The van der Waals surface area contributed by atoms with Crippen molar-refractivity contribution in [1.82, 2.24) is 0 Å². The molecule has 32 heavy (non-hydrogen) atoms. The van der Waals surface area contributed by atoms with Crippen LogP contribution < -0.4 is 10.5 Å². The highest BCUT2D eigenvalue weighted by Gasteiger charge is 2.13. The zero-order valence-electron chi connectivity index (χ0n) is 17.8. The number of carbonyl (C=O) groups excluding carboxylic acids is 1. The van der Waals surface area contributed by atoms with Gasteiger partial charge in [0, 0.05) is 27.5 Å². The predicted octanol–water partition coefficient (Wildman–Crippen LogP) is 6.01. The number of carbonyl (C=O) groups is 1. The Labute approximate surface area is 195 Å². The van der Waals surface area contributed by atoms with E-state index in [1.54, 1.807) is 13.2 Å². The molecule has 0 saturated heterocycles. The van der Waals surface area contributed by atoms with Gasteiger partial charge in [-0.25, -0.2) is 0 Å². The van der Waals surface area contributed by atoms with Gasteiger partial charge in [-0.1, -0.05) is 46.3 Å². The molecule has 1 heterocycles. The van der Waals surface area contributed by atoms with Gasteiger partial charge in [-0.05, 0) is 53.9 Å². The van der Waals surface area contributed by atoms with E-state index in [0.717, 1.165) is 43.3 Å². The van der Waals surface area contributed by atoms with Crippen molar-refractivity contribution in [3.05, 3.63) is 88.1 Å². The fourth-order valence-corrected chi connectivity index (χ4v) is 3.92. The van der Waals surface area contributed by atoms with E-state index in [-0.39, 0.29) is 12.4 Å². The van der Waals surface area contributed by atoms with E-state index < -0.39 is 0 Å². The zero-order chi connectivity index (χ0) is 22.5. The highest BCUT2D eigenvalue weighted by Crippen LogP contribution is 2.30. The SMILES string of the molecule is CCOC(=O)Cc1ccc(Br)cc1OCc1coc2ccc(-c3cccc(CN)c3)cc12. The summed E-state index contributed by atoms with van der Waals surface area (Å²) >= 11 is 3.48. The molecule has 1 aromatic heterocycles. The number of benzene rings is 3. The van der Waals surface area contributed by atoms with E-state index in [2.05, 4.69) is 34.1 Å². The Kier molecular flexibility index (Phi) is 6.93. The summed E-state index contributed by atoms with van der Waals surface area (Å²) in [5.74, 6) is 0.353. The largest absolute Gasteiger partial charge is 0.488 e. The number of rotatable bonds is 8. The highest BCUT2D eigenvalue weighted by molar-refractivity contribution is 9.10. The lowest BCUT2D eigenvalue weighted by Gasteiger charge is -2.12. The molecular weight excluding hydrogens is 470 g/mol. The number of esters is 1. The number of halogens is 1. The van der Waals surface area contributed by atoms with Crippen LogP contribution in [0.2, 0.25) is 0 Å². The molecule has 164 valence electrons. The van der Waals surface area contributed by atoms with Crippen molar-refractivity contribution in [2.45, 2.75) is 26.5 Å². The summed E-state index contributed by atoms with van der Waals surface area (Å²) in [7, 11) is 0. The van der Waals surface area contributed by atoms with Crippen LogP contribution >= 0.6 is 15.9 Å². The molecule has 0 aliphatic rings. The van der Waals surface area contributed by atoms with E-state index in [1.165, 1.54) is 0 Å². The van der Waals surface area contributed by atoms with Crippen molar-refractivity contribution in [2.75, 3.05) is 6.61 Å². The molecule has 0 amide bonds. The third-order valence-electron chi connectivity index (χ3n) is 5.20. The fraction of sp³-hybridized carbons (Fsp3) is 0.192. The molecule has 0 saturated carbocycles. The molecule has 0 aliphatic carbocycles. The molecule has 0 aliphatic heterocycles. The number of hydrogen-bond donors (Lipinski definition) is 1. The molecule has 4 rings (SSSR count). The van der Waals surface area contributed by atoms with Gasteiger partial charge in [0.05, 0.1) is 19.3 Å². The van der Waals surface area contributed by atoms with Crippen LogP contribution in [0.25, 0.3) is 22.1 Å². The summed E-state index contributed by atoms with van der Waals surface area (Å²) < 4.78 is 17.8. The third-order valence-corrected chi connectivity index (χ3v) is 5.70. The summed E-state index contributed by atoms with van der Waals surface area (Å²) in [6.07, 6.45) is 1.87. The molecule has 0 fully saturated rings. The third kappa shape index (κ3) is 5.03. The van der Waals surface area contributed by atoms with Gasteiger partial charge in [-0.15, -0.1) is 0 Å². The minimum Gasteiger partial charge on any atom is -0.488 e. The van der Waals surface area contributed by atoms with Gasteiger partial charge in [0.1, 0.15) is 17.9 Å². The van der Waals surface area contributed by atoms with Crippen molar-refractivity contribution in [3.8, 4) is 16.9 Å². The lowest BCUT2D eigenvalue weighted by Crippen LogP contribution is -2.09. The molecule has 2 N–H and O–H groups in total. The average molecular weight is 494 g/mol. The van der Waals surface area contributed by atoms with Crippen LogP contribution in [-0.2, 0) is 29.1 Å². The van der Waals surface area contributed by atoms with Gasteiger partial charge in [0.2, 0.25) is 0 Å². The predicted molar refractivity (Wildman–Crippen MR) is 128 cm³/mol. The standard InChI is InChI=1S/C26H24BrNO4/c1-2-30-26(29)12-20-6-8-22(27)13-25(20)32-16-21-15-31-24-9-7-19(11-23(21)24)18-5-3-4-17(10-18)14-28/h3-11,13,15H,2,12,14,16,28H2,1H3.